The van der Waals surface area contributed by atoms with E-state index in [9.17, 15) is 0 Å². The molecule has 0 radical (unpaired) electrons. The summed E-state index contributed by atoms with van der Waals surface area (Å²) < 4.78 is 0. The zero-order chi connectivity index (χ0) is 9.73. The lowest BCUT2D eigenvalue weighted by molar-refractivity contribution is 0.0327. The highest BCUT2D eigenvalue weighted by Gasteiger charge is 2.14. The summed E-state index contributed by atoms with van der Waals surface area (Å²) in [4.78, 5) is 5.43. The highest BCUT2D eigenvalue weighted by atomic mass is 16.6. The molecule has 0 N–H and O–H groups in total. The van der Waals surface area contributed by atoms with E-state index in [0.29, 0.717) is 6.10 Å². The van der Waals surface area contributed by atoms with Gasteiger partial charge in [0.1, 0.15) is 6.10 Å². The summed E-state index contributed by atoms with van der Waals surface area (Å²) in [5, 5.41) is 4.04. The molecular formula is C11H21NO. The van der Waals surface area contributed by atoms with Crippen molar-refractivity contribution in [2.75, 3.05) is 0 Å². The molecule has 1 aliphatic carbocycles. The number of rotatable bonds is 2. The molecule has 2 heteroatoms. The molecule has 76 valence electrons. The van der Waals surface area contributed by atoms with Crippen LogP contribution < -0.4 is 0 Å². The fourth-order valence-corrected chi connectivity index (χ4v) is 1.45. The van der Waals surface area contributed by atoms with Crippen LogP contribution in [0.4, 0.5) is 0 Å². The second-order valence-electron chi connectivity index (χ2n) is 4.97. The molecule has 0 aromatic rings. The SMILES string of the molecule is CC(C)(C)C=NOC1CCCCC1. The van der Waals surface area contributed by atoms with Crippen LogP contribution in [0.1, 0.15) is 52.9 Å². The summed E-state index contributed by atoms with van der Waals surface area (Å²) in [6.45, 7) is 6.38. The fraction of sp³-hybridized carbons (Fsp3) is 0.909. The minimum Gasteiger partial charge on any atom is -0.393 e. The zero-order valence-corrected chi connectivity index (χ0v) is 9.05. The maximum atomic E-state index is 5.43. The van der Waals surface area contributed by atoms with Crippen LogP contribution in [0.15, 0.2) is 5.16 Å². The molecule has 1 aliphatic rings. The molecular weight excluding hydrogens is 162 g/mol. The van der Waals surface area contributed by atoms with Gasteiger partial charge in [0.05, 0.1) is 0 Å². The molecule has 0 unspecified atom stereocenters. The number of nitrogens with zero attached hydrogens (tertiary/aromatic N) is 1. The van der Waals surface area contributed by atoms with Crippen molar-refractivity contribution in [3.8, 4) is 0 Å². The van der Waals surface area contributed by atoms with E-state index in [2.05, 4.69) is 25.9 Å². The highest BCUT2D eigenvalue weighted by Crippen LogP contribution is 2.20. The molecule has 1 fully saturated rings. The molecule has 0 spiro atoms. The Balaban J connectivity index is 2.21. The molecule has 0 saturated heterocycles. The second kappa shape index (κ2) is 4.64. The Hall–Kier alpha value is -0.530. The molecule has 0 amide bonds. The van der Waals surface area contributed by atoms with Gasteiger partial charge in [0.15, 0.2) is 0 Å². The first-order chi connectivity index (χ1) is 6.08. The van der Waals surface area contributed by atoms with E-state index in [0.717, 1.165) is 0 Å². The van der Waals surface area contributed by atoms with Gasteiger partial charge in [-0.05, 0) is 25.7 Å². The van der Waals surface area contributed by atoms with Gasteiger partial charge in [0.2, 0.25) is 0 Å². The maximum Gasteiger partial charge on any atom is 0.127 e. The second-order valence-corrected chi connectivity index (χ2v) is 4.97. The maximum absolute atomic E-state index is 5.43. The third-order valence-electron chi connectivity index (χ3n) is 2.20. The van der Waals surface area contributed by atoms with Crippen molar-refractivity contribution in [2.24, 2.45) is 10.6 Å². The largest absolute Gasteiger partial charge is 0.393 e. The van der Waals surface area contributed by atoms with Crippen LogP contribution in [0, 0.1) is 5.41 Å². The van der Waals surface area contributed by atoms with Gasteiger partial charge >= 0.3 is 0 Å². The van der Waals surface area contributed by atoms with Crippen LogP contribution in [0.5, 0.6) is 0 Å². The van der Waals surface area contributed by atoms with Crippen LogP contribution in [-0.4, -0.2) is 12.3 Å². The Morgan fingerprint density at radius 1 is 1.15 bits per heavy atom. The predicted molar refractivity (Wildman–Crippen MR) is 55.9 cm³/mol. The predicted octanol–water partition coefficient (Wildman–Crippen LogP) is 3.37. The van der Waals surface area contributed by atoms with E-state index in [1.54, 1.807) is 0 Å². The van der Waals surface area contributed by atoms with Crippen molar-refractivity contribution in [1.82, 2.24) is 0 Å². The fourth-order valence-electron chi connectivity index (χ4n) is 1.45. The first-order valence-electron chi connectivity index (χ1n) is 5.28. The van der Waals surface area contributed by atoms with E-state index >= 15 is 0 Å². The Labute approximate surface area is 81.3 Å². The average Bonchev–Trinajstić information content (AvgIpc) is 2.04. The Kier molecular flexibility index (Phi) is 3.76. The summed E-state index contributed by atoms with van der Waals surface area (Å²) in [6.07, 6.45) is 8.60. The van der Waals surface area contributed by atoms with Crippen LogP contribution in [-0.2, 0) is 4.84 Å². The molecule has 0 bridgehead atoms. The van der Waals surface area contributed by atoms with E-state index in [1.807, 2.05) is 6.21 Å². The molecule has 0 aromatic heterocycles. The number of hydrogen-bond acceptors (Lipinski definition) is 2. The average molecular weight is 183 g/mol. The zero-order valence-electron chi connectivity index (χ0n) is 9.05. The van der Waals surface area contributed by atoms with E-state index in [-0.39, 0.29) is 5.41 Å². The highest BCUT2D eigenvalue weighted by molar-refractivity contribution is 5.63. The molecule has 0 atom stereocenters. The lowest BCUT2D eigenvalue weighted by Crippen LogP contribution is -2.15. The van der Waals surface area contributed by atoms with Gasteiger partial charge in [-0.3, -0.25) is 0 Å². The summed E-state index contributed by atoms with van der Waals surface area (Å²) in [5.74, 6) is 0. The van der Waals surface area contributed by atoms with Crippen LogP contribution in [0.3, 0.4) is 0 Å². The summed E-state index contributed by atoms with van der Waals surface area (Å²) in [6, 6.07) is 0. The molecule has 1 rings (SSSR count). The monoisotopic (exact) mass is 183 g/mol. The van der Waals surface area contributed by atoms with Gasteiger partial charge < -0.3 is 4.84 Å². The van der Waals surface area contributed by atoms with Gasteiger partial charge in [-0.25, -0.2) is 0 Å². The lowest BCUT2D eigenvalue weighted by atomic mass is 9.98. The van der Waals surface area contributed by atoms with Crippen LogP contribution >= 0.6 is 0 Å². The molecule has 0 heterocycles. The van der Waals surface area contributed by atoms with Crippen molar-refractivity contribution in [2.45, 2.75) is 59.0 Å². The van der Waals surface area contributed by atoms with Gasteiger partial charge in [0, 0.05) is 11.6 Å². The van der Waals surface area contributed by atoms with Crippen molar-refractivity contribution < 1.29 is 4.84 Å². The van der Waals surface area contributed by atoms with Crippen LogP contribution in [0.25, 0.3) is 0 Å². The van der Waals surface area contributed by atoms with E-state index in [1.165, 1.54) is 32.1 Å². The standard InChI is InChI=1S/C11H21NO/c1-11(2,3)9-12-13-10-7-5-4-6-8-10/h9-10H,4-8H2,1-3H3. The summed E-state index contributed by atoms with van der Waals surface area (Å²) >= 11 is 0. The topological polar surface area (TPSA) is 21.6 Å². The molecule has 1 saturated carbocycles. The minimum atomic E-state index is 0.134. The third kappa shape index (κ3) is 4.91. The van der Waals surface area contributed by atoms with Gasteiger partial charge in [-0.15, -0.1) is 0 Å². The molecule has 0 aromatic carbocycles. The normalized spacial score (nSPS) is 20.8. The van der Waals surface area contributed by atoms with E-state index in [4.69, 9.17) is 4.84 Å². The van der Waals surface area contributed by atoms with Gasteiger partial charge in [-0.2, -0.15) is 0 Å². The lowest BCUT2D eigenvalue weighted by Gasteiger charge is -2.19. The summed E-state index contributed by atoms with van der Waals surface area (Å²) in [5.41, 5.74) is 0.134. The Bertz CT molecular complexity index is 163. The van der Waals surface area contributed by atoms with Crippen molar-refractivity contribution in [1.29, 1.82) is 0 Å². The van der Waals surface area contributed by atoms with Crippen molar-refractivity contribution in [3.63, 3.8) is 0 Å². The van der Waals surface area contributed by atoms with Gasteiger partial charge in [-0.1, -0.05) is 32.3 Å². The molecule has 0 aliphatic heterocycles. The Morgan fingerprint density at radius 3 is 2.31 bits per heavy atom. The van der Waals surface area contributed by atoms with E-state index < -0.39 is 0 Å². The number of hydrogen-bond donors (Lipinski definition) is 0. The van der Waals surface area contributed by atoms with Crippen molar-refractivity contribution >= 4 is 6.21 Å². The Morgan fingerprint density at radius 2 is 1.77 bits per heavy atom. The third-order valence-corrected chi connectivity index (χ3v) is 2.20. The molecule has 13 heavy (non-hydrogen) atoms. The number of oxime groups is 1. The van der Waals surface area contributed by atoms with Gasteiger partial charge in [0.25, 0.3) is 0 Å². The first kappa shape index (κ1) is 10.6. The smallest absolute Gasteiger partial charge is 0.127 e. The summed E-state index contributed by atoms with van der Waals surface area (Å²) in [7, 11) is 0. The van der Waals surface area contributed by atoms with Crippen LogP contribution in [0.2, 0.25) is 0 Å². The molecule has 2 nitrogen and oxygen atoms in total. The quantitative estimate of drug-likeness (QED) is 0.475. The first-order valence-corrected chi connectivity index (χ1v) is 5.28. The minimum absolute atomic E-state index is 0.134. The van der Waals surface area contributed by atoms with Crippen molar-refractivity contribution in [3.05, 3.63) is 0 Å².